The van der Waals surface area contributed by atoms with Crippen LogP contribution < -0.4 is 4.90 Å². The molecule has 0 atom stereocenters. The van der Waals surface area contributed by atoms with E-state index in [9.17, 15) is 5.11 Å². The van der Waals surface area contributed by atoms with E-state index in [0.29, 0.717) is 11.6 Å². The second-order valence-corrected chi connectivity index (χ2v) is 3.53. The number of hydrogen-bond acceptors (Lipinski definition) is 2. The van der Waals surface area contributed by atoms with Crippen molar-refractivity contribution in [1.29, 1.82) is 0 Å². The van der Waals surface area contributed by atoms with Crippen LogP contribution in [-0.2, 0) is 5.11 Å². The number of anilines is 2. The second kappa shape index (κ2) is 4.70. The van der Waals surface area contributed by atoms with E-state index in [0.717, 1.165) is 13.0 Å². The van der Waals surface area contributed by atoms with E-state index in [1.54, 1.807) is 24.5 Å². The Morgan fingerprint density at radius 2 is 2.19 bits per heavy atom. The van der Waals surface area contributed by atoms with Crippen LogP contribution in [0.15, 0.2) is 36.7 Å². The highest BCUT2D eigenvalue weighted by Crippen LogP contribution is 2.31. The van der Waals surface area contributed by atoms with Crippen molar-refractivity contribution in [3.63, 3.8) is 0 Å². The Kier molecular flexibility index (Phi) is 3.10. The number of H-pyrrole nitrogens is 1. The summed E-state index contributed by atoms with van der Waals surface area (Å²) < 4.78 is 0. The molecule has 0 fully saturated rings. The van der Waals surface area contributed by atoms with Gasteiger partial charge in [-0.3, -0.25) is 5.11 Å². The lowest BCUT2D eigenvalue weighted by molar-refractivity contribution is 0.355. The summed E-state index contributed by atoms with van der Waals surface area (Å²) in [5, 5.41) is 11.7. The lowest BCUT2D eigenvalue weighted by Gasteiger charge is -2.21. The molecule has 4 nitrogen and oxygen atoms in total. The van der Waals surface area contributed by atoms with Crippen LogP contribution in [-0.4, -0.2) is 16.5 Å². The minimum atomic E-state index is 0.0207. The molecule has 0 aliphatic rings. The van der Waals surface area contributed by atoms with Gasteiger partial charge in [-0.25, -0.2) is 4.98 Å². The molecule has 1 radical (unpaired) electrons. The van der Waals surface area contributed by atoms with Gasteiger partial charge in [0.25, 0.3) is 0 Å². The standard InChI is InChI=1S/C12H14N3O/c1-2-9-15(12-13-7-8-14-12)10-5-3-4-6-11(10)16/h3-8H,2,9H2,1H3,(H,13,14). The monoisotopic (exact) mass is 216 g/mol. The summed E-state index contributed by atoms with van der Waals surface area (Å²) in [6.07, 6.45) is 4.39. The Balaban J connectivity index is 2.37. The van der Waals surface area contributed by atoms with Gasteiger partial charge in [-0.2, -0.15) is 0 Å². The van der Waals surface area contributed by atoms with Crippen molar-refractivity contribution in [2.24, 2.45) is 0 Å². The summed E-state index contributed by atoms with van der Waals surface area (Å²) in [5.74, 6) is 0.734. The molecular formula is C12H14N3O. The lowest BCUT2D eigenvalue weighted by atomic mass is 10.2. The van der Waals surface area contributed by atoms with E-state index < -0.39 is 0 Å². The Morgan fingerprint density at radius 3 is 2.81 bits per heavy atom. The van der Waals surface area contributed by atoms with E-state index in [2.05, 4.69) is 16.9 Å². The Hall–Kier alpha value is -1.97. The molecule has 1 heterocycles. The molecular weight excluding hydrogens is 202 g/mol. The second-order valence-electron chi connectivity index (χ2n) is 3.53. The Bertz CT molecular complexity index is 439. The van der Waals surface area contributed by atoms with Crippen molar-refractivity contribution >= 4 is 11.6 Å². The van der Waals surface area contributed by atoms with Crippen LogP contribution in [0.2, 0.25) is 0 Å². The van der Waals surface area contributed by atoms with Crippen LogP contribution in [0.4, 0.5) is 11.6 Å². The normalized spacial score (nSPS) is 10.3. The fourth-order valence-corrected chi connectivity index (χ4v) is 1.65. The number of aromatic amines is 1. The number of benzene rings is 1. The molecule has 0 unspecified atom stereocenters. The smallest absolute Gasteiger partial charge is 0.207 e. The van der Waals surface area contributed by atoms with Gasteiger partial charge < -0.3 is 9.88 Å². The molecule has 0 saturated carbocycles. The van der Waals surface area contributed by atoms with Gasteiger partial charge in [0.1, 0.15) is 0 Å². The van der Waals surface area contributed by atoms with Crippen molar-refractivity contribution in [1.82, 2.24) is 9.97 Å². The van der Waals surface area contributed by atoms with Gasteiger partial charge >= 0.3 is 0 Å². The molecule has 0 aliphatic heterocycles. The van der Waals surface area contributed by atoms with Crippen LogP contribution in [0.5, 0.6) is 5.75 Å². The number of nitrogens with one attached hydrogen (secondary N) is 1. The van der Waals surface area contributed by atoms with Crippen molar-refractivity contribution in [3.8, 4) is 5.75 Å². The third kappa shape index (κ3) is 2.00. The van der Waals surface area contributed by atoms with Crippen LogP contribution >= 0.6 is 0 Å². The molecule has 83 valence electrons. The Labute approximate surface area is 94.6 Å². The Morgan fingerprint density at radius 1 is 1.38 bits per heavy atom. The average molecular weight is 216 g/mol. The summed E-state index contributed by atoms with van der Waals surface area (Å²) in [5.41, 5.74) is 0.666. The number of nitrogens with zero attached hydrogens (tertiary/aromatic N) is 2. The SMILES string of the molecule is CCCN(c1ncc[nH]1)c1ccccc1[O]. The molecule has 2 aromatic rings. The molecule has 0 spiro atoms. The van der Waals surface area contributed by atoms with Crippen molar-refractivity contribution in [3.05, 3.63) is 36.7 Å². The van der Waals surface area contributed by atoms with Crippen LogP contribution in [0, 0.1) is 0 Å². The van der Waals surface area contributed by atoms with Crippen molar-refractivity contribution < 1.29 is 5.11 Å². The van der Waals surface area contributed by atoms with Gasteiger partial charge in [0.15, 0.2) is 0 Å². The third-order valence-electron chi connectivity index (χ3n) is 2.34. The van der Waals surface area contributed by atoms with E-state index in [4.69, 9.17) is 0 Å². The lowest BCUT2D eigenvalue weighted by Crippen LogP contribution is -2.19. The molecule has 1 N–H and O–H groups in total. The van der Waals surface area contributed by atoms with Gasteiger partial charge in [-0.1, -0.05) is 19.1 Å². The highest BCUT2D eigenvalue weighted by Gasteiger charge is 2.14. The quantitative estimate of drug-likeness (QED) is 0.853. The molecule has 16 heavy (non-hydrogen) atoms. The van der Waals surface area contributed by atoms with E-state index in [-0.39, 0.29) is 5.75 Å². The fourth-order valence-electron chi connectivity index (χ4n) is 1.65. The maximum Gasteiger partial charge on any atom is 0.207 e. The highest BCUT2D eigenvalue weighted by atomic mass is 16.3. The van der Waals surface area contributed by atoms with Crippen LogP contribution in [0.1, 0.15) is 13.3 Å². The largest absolute Gasteiger partial charge is 0.331 e. The third-order valence-corrected chi connectivity index (χ3v) is 2.34. The number of aromatic nitrogens is 2. The summed E-state index contributed by atoms with van der Waals surface area (Å²) >= 11 is 0. The first-order valence-corrected chi connectivity index (χ1v) is 5.36. The molecule has 4 heteroatoms. The predicted molar refractivity (Wildman–Crippen MR) is 62.5 cm³/mol. The summed E-state index contributed by atoms with van der Waals surface area (Å²) in [7, 11) is 0. The summed E-state index contributed by atoms with van der Waals surface area (Å²) in [4.78, 5) is 9.11. The van der Waals surface area contributed by atoms with Crippen molar-refractivity contribution in [2.75, 3.05) is 11.4 Å². The van der Waals surface area contributed by atoms with Crippen molar-refractivity contribution in [2.45, 2.75) is 13.3 Å². The molecule has 2 rings (SSSR count). The summed E-state index contributed by atoms with van der Waals surface area (Å²) in [6, 6.07) is 7.00. The van der Waals surface area contributed by atoms with Gasteiger partial charge in [0.2, 0.25) is 11.7 Å². The fraction of sp³-hybridized carbons (Fsp3) is 0.250. The van der Waals surface area contributed by atoms with E-state index >= 15 is 0 Å². The van der Waals surface area contributed by atoms with Gasteiger partial charge in [-0.05, 0) is 18.6 Å². The number of para-hydroxylation sites is 2. The first kappa shape index (κ1) is 10.5. The molecule has 0 amide bonds. The first-order valence-electron chi connectivity index (χ1n) is 5.36. The minimum absolute atomic E-state index is 0.0207. The topological polar surface area (TPSA) is 51.8 Å². The maximum absolute atomic E-state index is 11.7. The minimum Gasteiger partial charge on any atom is -0.331 e. The van der Waals surface area contributed by atoms with E-state index in [1.807, 2.05) is 17.0 Å². The predicted octanol–water partition coefficient (Wildman–Crippen LogP) is 3.10. The average Bonchev–Trinajstić information content (AvgIpc) is 2.80. The van der Waals surface area contributed by atoms with Gasteiger partial charge in [0.05, 0.1) is 5.69 Å². The zero-order chi connectivity index (χ0) is 11.4. The molecule has 0 aliphatic carbocycles. The summed E-state index contributed by atoms with van der Waals surface area (Å²) in [6.45, 7) is 2.84. The number of hydrogen-bond donors (Lipinski definition) is 1. The van der Waals surface area contributed by atoms with Gasteiger partial charge in [-0.15, -0.1) is 0 Å². The molecule has 0 saturated heterocycles. The highest BCUT2D eigenvalue weighted by molar-refractivity contribution is 5.64. The molecule has 1 aromatic carbocycles. The first-order chi connectivity index (χ1) is 7.83. The molecule has 0 bridgehead atoms. The van der Waals surface area contributed by atoms with Crippen LogP contribution in [0.25, 0.3) is 0 Å². The maximum atomic E-state index is 11.7. The van der Waals surface area contributed by atoms with E-state index in [1.165, 1.54) is 0 Å². The molecule has 1 aromatic heterocycles. The zero-order valence-electron chi connectivity index (χ0n) is 9.18. The van der Waals surface area contributed by atoms with Gasteiger partial charge in [0, 0.05) is 18.9 Å². The van der Waals surface area contributed by atoms with Crippen LogP contribution in [0.3, 0.4) is 0 Å². The number of imidazole rings is 1. The number of rotatable bonds is 4. The zero-order valence-corrected chi connectivity index (χ0v) is 9.18.